The first kappa shape index (κ1) is 20.6. The van der Waals surface area contributed by atoms with Gasteiger partial charge in [0.2, 0.25) is 12.7 Å². The number of aromatic nitrogens is 2. The monoisotopic (exact) mass is 465 g/mol. The summed E-state index contributed by atoms with van der Waals surface area (Å²) in [5, 5.41) is 5.10. The lowest BCUT2D eigenvalue weighted by molar-refractivity contribution is -0.115. The van der Waals surface area contributed by atoms with E-state index < -0.39 is 0 Å². The lowest BCUT2D eigenvalue weighted by Gasteiger charge is -2.12. The van der Waals surface area contributed by atoms with Gasteiger partial charge in [-0.3, -0.25) is 9.59 Å². The summed E-state index contributed by atoms with van der Waals surface area (Å²) in [6.45, 7) is 2.01. The normalized spacial score (nSPS) is 13.3. The molecule has 1 aliphatic rings. The van der Waals surface area contributed by atoms with Crippen LogP contribution < -0.4 is 20.3 Å². The molecule has 0 bridgehead atoms. The molecule has 9 heteroatoms. The maximum Gasteiger partial charge on any atom is 0.260 e. The number of fused-ring (bicyclic) bond motifs is 2. The quantitative estimate of drug-likeness (QED) is 0.431. The van der Waals surface area contributed by atoms with E-state index in [1.807, 2.05) is 42.6 Å². The molecular formula is C23H19N3O4S2. The Bertz CT molecular complexity index is 1350. The SMILES string of the molecule is C[C@H](SCc1nc2scc(-c3ccccc3)c2c(=O)[nH]1)C(=O)Nc1ccc2c(c1)OCO2. The number of carbonyl (C=O) groups excluding carboxylic acids is 1. The number of thioether (sulfide) groups is 1. The molecule has 0 saturated carbocycles. The van der Waals surface area contributed by atoms with E-state index in [2.05, 4.69) is 15.3 Å². The maximum atomic E-state index is 12.8. The summed E-state index contributed by atoms with van der Waals surface area (Å²) in [5.41, 5.74) is 2.35. The third-order valence-electron chi connectivity index (χ3n) is 5.06. The zero-order valence-electron chi connectivity index (χ0n) is 17.1. The lowest BCUT2D eigenvalue weighted by atomic mass is 10.1. The number of anilines is 1. The number of rotatable bonds is 6. The minimum atomic E-state index is -0.343. The van der Waals surface area contributed by atoms with E-state index >= 15 is 0 Å². The molecule has 162 valence electrons. The van der Waals surface area contributed by atoms with Gasteiger partial charge in [0.15, 0.2) is 11.5 Å². The molecule has 4 aromatic rings. The fraction of sp³-hybridized carbons (Fsp3) is 0.174. The first-order valence-electron chi connectivity index (χ1n) is 9.96. The van der Waals surface area contributed by atoms with Crippen molar-refractivity contribution in [2.75, 3.05) is 12.1 Å². The predicted octanol–water partition coefficient (Wildman–Crippen LogP) is 4.64. The molecule has 0 unspecified atom stereocenters. The number of hydrogen-bond donors (Lipinski definition) is 2. The summed E-state index contributed by atoms with van der Waals surface area (Å²) < 4.78 is 10.6. The highest BCUT2D eigenvalue weighted by Gasteiger charge is 2.18. The minimum Gasteiger partial charge on any atom is -0.454 e. The maximum absolute atomic E-state index is 12.8. The Balaban J connectivity index is 1.26. The number of H-pyrrole nitrogens is 1. The molecule has 0 saturated heterocycles. The highest BCUT2D eigenvalue weighted by Crippen LogP contribution is 2.34. The van der Waals surface area contributed by atoms with Gasteiger partial charge >= 0.3 is 0 Å². The van der Waals surface area contributed by atoms with Crippen molar-refractivity contribution >= 4 is 44.9 Å². The van der Waals surface area contributed by atoms with Crippen LogP contribution in [0.1, 0.15) is 12.7 Å². The zero-order valence-corrected chi connectivity index (χ0v) is 18.7. The molecule has 32 heavy (non-hydrogen) atoms. The van der Waals surface area contributed by atoms with Crippen molar-refractivity contribution in [3.8, 4) is 22.6 Å². The van der Waals surface area contributed by atoms with Crippen LogP contribution in [0.3, 0.4) is 0 Å². The van der Waals surface area contributed by atoms with E-state index in [-0.39, 0.29) is 23.5 Å². The van der Waals surface area contributed by atoms with Gasteiger partial charge in [-0.25, -0.2) is 4.98 Å². The molecular weight excluding hydrogens is 446 g/mol. The van der Waals surface area contributed by atoms with Crippen molar-refractivity contribution in [2.24, 2.45) is 0 Å². The van der Waals surface area contributed by atoms with Gasteiger partial charge in [-0.2, -0.15) is 0 Å². The van der Waals surface area contributed by atoms with Crippen LogP contribution in [0.5, 0.6) is 11.5 Å². The number of nitrogens with one attached hydrogen (secondary N) is 2. The molecule has 2 aromatic carbocycles. The second kappa shape index (κ2) is 8.68. The van der Waals surface area contributed by atoms with E-state index in [0.29, 0.717) is 39.0 Å². The molecule has 1 amide bonds. The Morgan fingerprint density at radius 1 is 1.22 bits per heavy atom. The van der Waals surface area contributed by atoms with Crippen LogP contribution in [0.25, 0.3) is 21.3 Å². The van der Waals surface area contributed by atoms with Crippen molar-refractivity contribution in [3.05, 3.63) is 70.1 Å². The van der Waals surface area contributed by atoms with E-state index in [1.165, 1.54) is 23.1 Å². The summed E-state index contributed by atoms with van der Waals surface area (Å²) in [4.78, 5) is 33.5. The van der Waals surface area contributed by atoms with Crippen LogP contribution in [0, 0.1) is 0 Å². The highest BCUT2D eigenvalue weighted by molar-refractivity contribution is 7.99. The molecule has 5 rings (SSSR count). The third-order valence-corrected chi connectivity index (χ3v) is 7.08. The minimum absolute atomic E-state index is 0.139. The molecule has 2 N–H and O–H groups in total. The van der Waals surface area contributed by atoms with Crippen molar-refractivity contribution in [3.63, 3.8) is 0 Å². The van der Waals surface area contributed by atoms with E-state index in [0.717, 1.165) is 11.1 Å². The van der Waals surface area contributed by atoms with Crippen LogP contribution in [0.2, 0.25) is 0 Å². The topological polar surface area (TPSA) is 93.3 Å². The molecule has 0 aliphatic carbocycles. The Labute approximate surface area is 191 Å². The number of benzene rings is 2. The fourth-order valence-corrected chi connectivity index (χ4v) is 5.11. The van der Waals surface area contributed by atoms with Gasteiger partial charge in [-0.05, 0) is 24.6 Å². The Morgan fingerprint density at radius 2 is 2.03 bits per heavy atom. The molecule has 0 fully saturated rings. The smallest absolute Gasteiger partial charge is 0.260 e. The summed E-state index contributed by atoms with van der Waals surface area (Å²) in [5.74, 6) is 2.11. The van der Waals surface area contributed by atoms with Gasteiger partial charge in [-0.1, -0.05) is 30.3 Å². The van der Waals surface area contributed by atoms with Crippen LogP contribution in [0.15, 0.2) is 58.7 Å². The summed E-state index contributed by atoms with van der Waals surface area (Å²) in [7, 11) is 0. The van der Waals surface area contributed by atoms with Crippen molar-refractivity contribution < 1.29 is 14.3 Å². The van der Waals surface area contributed by atoms with Gasteiger partial charge < -0.3 is 19.8 Å². The summed E-state index contributed by atoms with van der Waals surface area (Å²) in [6, 6.07) is 15.1. The average molecular weight is 466 g/mol. The second-order valence-corrected chi connectivity index (χ2v) is 9.41. The fourth-order valence-electron chi connectivity index (χ4n) is 3.39. The zero-order chi connectivity index (χ0) is 22.1. The molecule has 7 nitrogen and oxygen atoms in total. The van der Waals surface area contributed by atoms with Gasteiger partial charge in [0.1, 0.15) is 10.7 Å². The number of ether oxygens (including phenoxy) is 2. The van der Waals surface area contributed by atoms with Crippen LogP contribution in [0.4, 0.5) is 5.69 Å². The highest BCUT2D eigenvalue weighted by atomic mass is 32.2. The number of hydrogen-bond acceptors (Lipinski definition) is 7. The molecule has 2 aromatic heterocycles. The van der Waals surface area contributed by atoms with Crippen molar-refractivity contribution in [1.29, 1.82) is 0 Å². The van der Waals surface area contributed by atoms with Crippen LogP contribution >= 0.6 is 23.1 Å². The first-order valence-corrected chi connectivity index (χ1v) is 11.9. The molecule has 3 heterocycles. The molecule has 0 radical (unpaired) electrons. The largest absolute Gasteiger partial charge is 0.454 e. The Kier molecular flexibility index (Phi) is 5.59. The number of aromatic amines is 1. The number of thiophene rings is 1. The molecule has 1 atom stereocenters. The van der Waals surface area contributed by atoms with Crippen LogP contribution in [-0.4, -0.2) is 27.9 Å². The van der Waals surface area contributed by atoms with Crippen molar-refractivity contribution in [2.45, 2.75) is 17.9 Å². The number of amides is 1. The van der Waals surface area contributed by atoms with E-state index in [9.17, 15) is 9.59 Å². The standard InChI is InChI=1S/C23H19N3O4S2/c1-13(21(27)24-15-7-8-17-18(9-15)30-12-29-17)31-11-19-25-22(28)20-16(10-32-23(20)26-19)14-5-3-2-4-6-14/h2-10,13H,11-12H2,1H3,(H,24,27)(H,25,26,28)/t13-/m0/s1. The van der Waals surface area contributed by atoms with E-state index in [4.69, 9.17) is 9.47 Å². The Morgan fingerprint density at radius 3 is 2.88 bits per heavy atom. The van der Waals surface area contributed by atoms with Crippen LogP contribution in [-0.2, 0) is 10.5 Å². The predicted molar refractivity (Wildman–Crippen MR) is 128 cm³/mol. The Hall–Kier alpha value is -3.30. The summed E-state index contributed by atoms with van der Waals surface area (Å²) in [6.07, 6.45) is 0. The van der Waals surface area contributed by atoms with Crippen molar-refractivity contribution in [1.82, 2.24) is 9.97 Å². The number of carbonyl (C=O) groups is 1. The van der Waals surface area contributed by atoms with Gasteiger partial charge in [-0.15, -0.1) is 23.1 Å². The summed E-state index contributed by atoms with van der Waals surface area (Å²) >= 11 is 2.85. The molecule has 1 aliphatic heterocycles. The average Bonchev–Trinajstić information content (AvgIpc) is 3.45. The third kappa shape index (κ3) is 4.09. The second-order valence-electron chi connectivity index (χ2n) is 7.22. The van der Waals surface area contributed by atoms with E-state index in [1.54, 1.807) is 18.2 Å². The first-order chi connectivity index (χ1) is 15.6. The molecule has 0 spiro atoms. The van der Waals surface area contributed by atoms with Gasteiger partial charge in [0.05, 0.1) is 16.4 Å². The lowest BCUT2D eigenvalue weighted by Crippen LogP contribution is -2.23. The number of nitrogens with zero attached hydrogens (tertiary/aromatic N) is 1. The van der Waals surface area contributed by atoms with Gasteiger partial charge in [0.25, 0.3) is 5.56 Å². The van der Waals surface area contributed by atoms with Gasteiger partial charge in [0, 0.05) is 22.7 Å².